The van der Waals surface area contributed by atoms with Crippen LogP contribution in [-0.4, -0.2) is 24.0 Å². The van der Waals surface area contributed by atoms with Gasteiger partial charge in [-0.05, 0) is 62.4 Å². The van der Waals surface area contributed by atoms with Crippen molar-refractivity contribution in [3.05, 3.63) is 27.1 Å². The lowest BCUT2D eigenvalue weighted by atomic mass is 10.2. The quantitative estimate of drug-likeness (QED) is 0.823. The largest absolute Gasteiger partial charge is 0.323 e. The van der Waals surface area contributed by atoms with Crippen LogP contribution in [0.2, 0.25) is 0 Å². The topological polar surface area (TPSA) is 55.1 Å². The molecule has 0 aliphatic carbocycles. The number of carbonyl (C=O) groups is 1. The smallest absolute Gasteiger partial charge is 0.241 e. The molecule has 0 aromatic heterocycles. The normalized spacial score (nSPS) is 12.2. The number of para-hydroxylation sites is 1. The molecular weight excluding hydrogens is 368 g/mol. The highest BCUT2D eigenvalue weighted by Crippen LogP contribution is 2.30. The van der Waals surface area contributed by atoms with Gasteiger partial charge >= 0.3 is 0 Å². The van der Waals surface area contributed by atoms with Crippen molar-refractivity contribution in [1.29, 1.82) is 0 Å². The Morgan fingerprint density at radius 2 is 2.06 bits per heavy atom. The Morgan fingerprint density at radius 1 is 1.47 bits per heavy atom. The number of thioether (sulfide) groups is 1. The first-order chi connectivity index (χ1) is 8.06. The number of carbonyl (C=O) groups excluding carboxylic acids is 1. The number of hydrogen-bond donors (Lipinski definition) is 2. The van der Waals surface area contributed by atoms with E-state index in [0.29, 0.717) is 6.42 Å². The molecule has 1 rings (SSSR count). The summed E-state index contributed by atoms with van der Waals surface area (Å²) in [5, 5.41) is 2.82. The van der Waals surface area contributed by atoms with E-state index in [1.807, 2.05) is 24.5 Å². The zero-order valence-corrected chi connectivity index (χ0v) is 13.4. The minimum Gasteiger partial charge on any atom is -0.323 e. The molecule has 0 unspecified atom stereocenters. The summed E-state index contributed by atoms with van der Waals surface area (Å²) in [5.74, 6) is 0.720. The van der Waals surface area contributed by atoms with Crippen LogP contribution >= 0.6 is 43.6 Å². The van der Waals surface area contributed by atoms with Crippen molar-refractivity contribution >= 4 is 55.2 Å². The van der Waals surface area contributed by atoms with Gasteiger partial charge < -0.3 is 11.1 Å². The number of hydrogen-bond acceptors (Lipinski definition) is 3. The van der Waals surface area contributed by atoms with E-state index < -0.39 is 6.04 Å². The van der Waals surface area contributed by atoms with E-state index in [2.05, 4.69) is 37.2 Å². The molecule has 1 atom stereocenters. The van der Waals surface area contributed by atoms with Crippen molar-refractivity contribution in [3.8, 4) is 0 Å². The maximum Gasteiger partial charge on any atom is 0.241 e. The van der Waals surface area contributed by atoms with Crippen LogP contribution in [0, 0.1) is 0 Å². The Balaban J connectivity index is 2.68. The maximum absolute atomic E-state index is 11.8. The zero-order chi connectivity index (χ0) is 12.8. The fraction of sp³-hybridized carbons (Fsp3) is 0.364. The Bertz CT molecular complexity index is 381. The van der Waals surface area contributed by atoms with E-state index in [9.17, 15) is 4.79 Å². The molecule has 0 bridgehead atoms. The summed E-state index contributed by atoms with van der Waals surface area (Å²) in [4.78, 5) is 11.8. The first-order valence-electron chi connectivity index (χ1n) is 5.05. The molecule has 17 heavy (non-hydrogen) atoms. The van der Waals surface area contributed by atoms with E-state index >= 15 is 0 Å². The lowest BCUT2D eigenvalue weighted by Gasteiger charge is -2.13. The van der Waals surface area contributed by atoms with Crippen LogP contribution < -0.4 is 11.1 Å². The molecule has 0 saturated carbocycles. The Hall–Kier alpha value is -0.0400. The van der Waals surface area contributed by atoms with Gasteiger partial charge in [-0.15, -0.1) is 0 Å². The predicted molar refractivity (Wildman–Crippen MR) is 81.4 cm³/mol. The molecule has 0 radical (unpaired) electrons. The number of amides is 1. The zero-order valence-electron chi connectivity index (χ0n) is 9.37. The van der Waals surface area contributed by atoms with Gasteiger partial charge in [-0.1, -0.05) is 6.07 Å². The highest BCUT2D eigenvalue weighted by molar-refractivity contribution is 9.11. The van der Waals surface area contributed by atoms with Crippen molar-refractivity contribution in [2.45, 2.75) is 12.5 Å². The monoisotopic (exact) mass is 380 g/mol. The molecule has 1 aromatic carbocycles. The second-order valence-corrected chi connectivity index (χ2v) is 6.17. The van der Waals surface area contributed by atoms with Crippen LogP contribution in [0.1, 0.15) is 6.42 Å². The summed E-state index contributed by atoms with van der Waals surface area (Å²) in [7, 11) is 0. The molecule has 3 nitrogen and oxygen atoms in total. The second kappa shape index (κ2) is 7.41. The lowest BCUT2D eigenvalue weighted by Crippen LogP contribution is -2.36. The Kier molecular flexibility index (Phi) is 6.54. The van der Waals surface area contributed by atoms with Crippen molar-refractivity contribution in [3.63, 3.8) is 0 Å². The molecule has 0 aliphatic rings. The third-order valence-corrected chi connectivity index (χ3v) is 4.15. The molecule has 1 amide bonds. The fourth-order valence-electron chi connectivity index (χ4n) is 1.21. The number of nitrogens with two attached hydrogens (primary N) is 1. The summed E-state index contributed by atoms with van der Waals surface area (Å²) < 4.78 is 1.66. The summed E-state index contributed by atoms with van der Waals surface area (Å²) in [6.45, 7) is 0. The molecule has 0 saturated heterocycles. The van der Waals surface area contributed by atoms with Gasteiger partial charge in [0, 0.05) is 8.95 Å². The highest BCUT2D eigenvalue weighted by atomic mass is 79.9. The van der Waals surface area contributed by atoms with Gasteiger partial charge in [-0.3, -0.25) is 4.79 Å². The van der Waals surface area contributed by atoms with Gasteiger partial charge in [0.15, 0.2) is 0 Å². The average Bonchev–Trinajstić information content (AvgIpc) is 2.30. The molecule has 1 aromatic rings. The Morgan fingerprint density at radius 3 is 2.59 bits per heavy atom. The fourth-order valence-corrected chi connectivity index (χ4v) is 2.90. The molecule has 0 heterocycles. The first kappa shape index (κ1) is 15.0. The lowest BCUT2D eigenvalue weighted by molar-refractivity contribution is -0.117. The number of rotatable bonds is 5. The third kappa shape index (κ3) is 4.62. The number of anilines is 1. The van der Waals surface area contributed by atoms with Crippen LogP contribution in [0.5, 0.6) is 0 Å². The van der Waals surface area contributed by atoms with Gasteiger partial charge in [-0.25, -0.2) is 0 Å². The van der Waals surface area contributed by atoms with Crippen molar-refractivity contribution in [1.82, 2.24) is 0 Å². The van der Waals surface area contributed by atoms with Crippen molar-refractivity contribution in [2.75, 3.05) is 17.3 Å². The molecular formula is C11H14Br2N2OS. The second-order valence-electron chi connectivity index (χ2n) is 3.47. The van der Waals surface area contributed by atoms with Crippen LogP contribution in [0.25, 0.3) is 0 Å². The Labute approximate surface area is 122 Å². The molecule has 6 heteroatoms. The van der Waals surface area contributed by atoms with Gasteiger partial charge in [0.1, 0.15) is 0 Å². The van der Waals surface area contributed by atoms with E-state index in [1.54, 1.807) is 11.8 Å². The molecule has 3 N–H and O–H groups in total. The van der Waals surface area contributed by atoms with E-state index in [4.69, 9.17) is 5.73 Å². The van der Waals surface area contributed by atoms with Gasteiger partial charge in [0.25, 0.3) is 0 Å². The minimum absolute atomic E-state index is 0.161. The number of benzene rings is 1. The van der Waals surface area contributed by atoms with Gasteiger partial charge in [-0.2, -0.15) is 11.8 Å². The molecule has 0 aliphatic heterocycles. The molecule has 94 valence electrons. The summed E-state index contributed by atoms with van der Waals surface area (Å²) in [5.41, 5.74) is 6.51. The summed E-state index contributed by atoms with van der Waals surface area (Å²) >= 11 is 8.46. The molecule has 0 spiro atoms. The average molecular weight is 382 g/mol. The number of halogens is 2. The number of nitrogens with one attached hydrogen (secondary N) is 1. The summed E-state index contributed by atoms with van der Waals surface area (Å²) in [6, 6.07) is 5.15. The highest BCUT2D eigenvalue weighted by Gasteiger charge is 2.15. The van der Waals surface area contributed by atoms with Gasteiger partial charge in [0.2, 0.25) is 5.91 Å². The SMILES string of the molecule is CSCC[C@@H](N)C(=O)Nc1c(Br)cccc1Br. The minimum atomic E-state index is -0.471. The van der Waals surface area contributed by atoms with Crippen molar-refractivity contribution < 1.29 is 4.79 Å². The predicted octanol–water partition coefficient (Wildman–Crippen LogP) is 3.23. The van der Waals surface area contributed by atoms with E-state index in [-0.39, 0.29) is 5.91 Å². The first-order valence-corrected chi connectivity index (χ1v) is 8.03. The standard InChI is InChI=1S/C11H14Br2N2OS/c1-17-6-5-9(14)11(16)15-10-7(12)3-2-4-8(10)13/h2-4,9H,5-6,14H2,1H3,(H,15,16)/t9-/m1/s1. The van der Waals surface area contributed by atoms with Crippen LogP contribution in [0.3, 0.4) is 0 Å². The van der Waals surface area contributed by atoms with Crippen LogP contribution in [0.4, 0.5) is 5.69 Å². The van der Waals surface area contributed by atoms with Crippen LogP contribution in [0.15, 0.2) is 27.1 Å². The van der Waals surface area contributed by atoms with Crippen LogP contribution in [-0.2, 0) is 4.79 Å². The van der Waals surface area contributed by atoms with Gasteiger partial charge in [0.05, 0.1) is 11.7 Å². The van der Waals surface area contributed by atoms with E-state index in [1.165, 1.54) is 0 Å². The third-order valence-electron chi connectivity index (χ3n) is 2.18. The summed E-state index contributed by atoms with van der Waals surface area (Å²) in [6.07, 6.45) is 2.67. The van der Waals surface area contributed by atoms with E-state index in [0.717, 1.165) is 20.4 Å². The maximum atomic E-state index is 11.8. The molecule has 0 fully saturated rings. The van der Waals surface area contributed by atoms with Crippen molar-refractivity contribution in [2.24, 2.45) is 5.73 Å².